The Morgan fingerprint density at radius 2 is 1.67 bits per heavy atom. The van der Waals surface area contributed by atoms with Crippen LogP contribution in [-0.4, -0.2) is 19.0 Å². The van der Waals surface area contributed by atoms with Crippen LogP contribution in [-0.2, 0) is 10.1 Å². The van der Waals surface area contributed by atoms with Crippen molar-refractivity contribution in [1.29, 1.82) is 0 Å². The van der Waals surface area contributed by atoms with Gasteiger partial charge in [0, 0.05) is 22.5 Å². The maximum Gasteiger partial charge on any atom is 0.295 e. The van der Waals surface area contributed by atoms with Crippen LogP contribution in [0.15, 0.2) is 41.3 Å². The normalized spacial score (nSPS) is 12.0. The molecule has 0 bridgehead atoms. The van der Waals surface area contributed by atoms with E-state index in [2.05, 4.69) is 5.32 Å². The summed E-state index contributed by atoms with van der Waals surface area (Å²) in [5.74, 6) is 0. The van der Waals surface area contributed by atoms with Crippen LogP contribution >= 0.6 is 0 Å². The Labute approximate surface area is 106 Å². The molecule has 0 aliphatic rings. The smallest absolute Gasteiger partial charge is 0.295 e. The minimum absolute atomic E-state index is 0.0626. The number of hydrogen-bond acceptors (Lipinski definition) is 3. The first kappa shape index (κ1) is 12.9. The van der Waals surface area contributed by atoms with Crippen molar-refractivity contribution in [2.24, 2.45) is 0 Å². The van der Waals surface area contributed by atoms with Crippen LogP contribution in [0.5, 0.6) is 0 Å². The third kappa shape index (κ3) is 2.47. The molecule has 0 spiro atoms. The van der Waals surface area contributed by atoms with Gasteiger partial charge in [-0.3, -0.25) is 4.55 Å². The third-order valence-corrected chi connectivity index (χ3v) is 3.52. The van der Waals surface area contributed by atoms with Crippen molar-refractivity contribution in [2.45, 2.75) is 24.8 Å². The third-order valence-electron chi connectivity index (χ3n) is 2.60. The monoisotopic (exact) mass is 265 g/mol. The summed E-state index contributed by atoms with van der Waals surface area (Å²) in [7, 11) is -4.20. The first-order valence-corrected chi connectivity index (χ1v) is 7.09. The van der Waals surface area contributed by atoms with Crippen molar-refractivity contribution in [3.8, 4) is 0 Å². The average molecular weight is 265 g/mol. The number of anilines is 1. The molecule has 0 heterocycles. The number of hydrogen-bond donors (Lipinski definition) is 2. The van der Waals surface area contributed by atoms with Crippen molar-refractivity contribution in [3.63, 3.8) is 0 Å². The van der Waals surface area contributed by atoms with E-state index >= 15 is 0 Å². The lowest BCUT2D eigenvalue weighted by molar-refractivity contribution is 0.484. The van der Waals surface area contributed by atoms with E-state index in [1.807, 2.05) is 26.0 Å². The summed E-state index contributed by atoms with van der Waals surface area (Å²) in [6, 6.07) is 10.4. The fourth-order valence-electron chi connectivity index (χ4n) is 1.94. The summed E-state index contributed by atoms with van der Waals surface area (Å²) in [4.78, 5) is -0.0626. The van der Waals surface area contributed by atoms with Crippen LogP contribution in [0, 0.1) is 0 Å². The summed E-state index contributed by atoms with van der Waals surface area (Å²) < 4.78 is 31.8. The molecular weight excluding hydrogens is 250 g/mol. The molecule has 0 atom stereocenters. The molecule has 2 rings (SSSR count). The quantitative estimate of drug-likeness (QED) is 0.837. The van der Waals surface area contributed by atoms with Gasteiger partial charge >= 0.3 is 0 Å². The first-order valence-electron chi connectivity index (χ1n) is 5.65. The molecule has 0 saturated carbocycles. The van der Waals surface area contributed by atoms with E-state index in [9.17, 15) is 13.0 Å². The van der Waals surface area contributed by atoms with Crippen LogP contribution in [0.3, 0.4) is 0 Å². The summed E-state index contributed by atoms with van der Waals surface area (Å²) in [6.45, 7) is 4.01. The van der Waals surface area contributed by atoms with E-state index in [-0.39, 0.29) is 10.9 Å². The van der Waals surface area contributed by atoms with E-state index in [0.29, 0.717) is 5.39 Å². The molecule has 2 aromatic carbocycles. The lowest BCUT2D eigenvalue weighted by Gasteiger charge is -2.13. The summed E-state index contributed by atoms with van der Waals surface area (Å²) >= 11 is 0. The second-order valence-electron chi connectivity index (χ2n) is 4.43. The molecule has 4 nitrogen and oxygen atoms in total. The van der Waals surface area contributed by atoms with Gasteiger partial charge in [0.05, 0.1) is 0 Å². The Morgan fingerprint density at radius 1 is 1.06 bits per heavy atom. The van der Waals surface area contributed by atoms with E-state index in [4.69, 9.17) is 0 Å². The highest BCUT2D eigenvalue weighted by atomic mass is 32.2. The van der Waals surface area contributed by atoms with Gasteiger partial charge in [0.25, 0.3) is 10.1 Å². The van der Waals surface area contributed by atoms with Crippen molar-refractivity contribution < 1.29 is 13.0 Å². The molecule has 0 aliphatic heterocycles. The van der Waals surface area contributed by atoms with Gasteiger partial charge in [-0.25, -0.2) is 0 Å². The summed E-state index contributed by atoms with van der Waals surface area (Å²) in [5, 5.41) is 4.55. The zero-order valence-corrected chi connectivity index (χ0v) is 11.0. The molecule has 0 amide bonds. The van der Waals surface area contributed by atoms with Crippen molar-refractivity contribution in [2.75, 3.05) is 5.32 Å². The SMILES string of the molecule is CC(C)Nc1cccc2c(S(=O)(=O)O)cccc12. The van der Waals surface area contributed by atoms with E-state index in [1.165, 1.54) is 6.07 Å². The van der Waals surface area contributed by atoms with Gasteiger partial charge in [0.15, 0.2) is 0 Å². The highest BCUT2D eigenvalue weighted by Gasteiger charge is 2.14. The minimum atomic E-state index is -4.20. The van der Waals surface area contributed by atoms with Crippen LogP contribution < -0.4 is 5.32 Å². The molecule has 0 radical (unpaired) electrons. The van der Waals surface area contributed by atoms with Crippen LogP contribution in [0.4, 0.5) is 5.69 Å². The predicted octanol–water partition coefficient (Wildman–Crippen LogP) is 2.91. The molecule has 2 aromatic rings. The van der Waals surface area contributed by atoms with Crippen molar-refractivity contribution in [1.82, 2.24) is 0 Å². The Balaban J connectivity index is 2.73. The average Bonchev–Trinajstić information content (AvgIpc) is 2.26. The van der Waals surface area contributed by atoms with Crippen molar-refractivity contribution >= 4 is 26.6 Å². The molecule has 18 heavy (non-hydrogen) atoms. The molecule has 0 unspecified atom stereocenters. The van der Waals surface area contributed by atoms with Crippen LogP contribution in [0.1, 0.15) is 13.8 Å². The van der Waals surface area contributed by atoms with Gasteiger partial charge in [0.2, 0.25) is 0 Å². The van der Waals surface area contributed by atoms with E-state index in [0.717, 1.165) is 11.1 Å². The lowest BCUT2D eigenvalue weighted by Crippen LogP contribution is -2.10. The fraction of sp³-hybridized carbons (Fsp3) is 0.231. The number of benzene rings is 2. The van der Waals surface area contributed by atoms with Gasteiger partial charge < -0.3 is 5.32 Å². The molecule has 0 saturated heterocycles. The first-order chi connectivity index (χ1) is 8.39. The minimum Gasteiger partial charge on any atom is -0.382 e. The van der Waals surface area contributed by atoms with Gasteiger partial charge in [-0.15, -0.1) is 0 Å². The maximum atomic E-state index is 11.3. The molecule has 0 aliphatic carbocycles. The molecule has 2 N–H and O–H groups in total. The zero-order valence-electron chi connectivity index (χ0n) is 10.2. The second kappa shape index (κ2) is 4.59. The fourth-order valence-corrected chi connectivity index (χ4v) is 2.65. The largest absolute Gasteiger partial charge is 0.382 e. The summed E-state index contributed by atoms with van der Waals surface area (Å²) in [6.07, 6.45) is 0. The maximum absolute atomic E-state index is 11.3. The van der Waals surface area contributed by atoms with Gasteiger partial charge in [-0.1, -0.05) is 24.3 Å². The molecule has 0 fully saturated rings. The van der Waals surface area contributed by atoms with Gasteiger partial charge in [0.1, 0.15) is 4.90 Å². The molecule has 0 aromatic heterocycles. The van der Waals surface area contributed by atoms with E-state index in [1.54, 1.807) is 18.2 Å². The number of rotatable bonds is 3. The zero-order chi connectivity index (χ0) is 13.3. The Hall–Kier alpha value is -1.59. The Kier molecular flexibility index (Phi) is 3.28. The standard InChI is InChI=1S/C13H15NO3S/c1-9(2)14-12-7-3-6-11-10(12)5-4-8-13(11)18(15,16)17/h3-9,14H,1-2H3,(H,15,16,17). The van der Waals surface area contributed by atoms with Crippen LogP contribution in [0.25, 0.3) is 10.8 Å². The van der Waals surface area contributed by atoms with Gasteiger partial charge in [-0.05, 0) is 26.0 Å². The predicted molar refractivity (Wildman–Crippen MR) is 72.5 cm³/mol. The lowest BCUT2D eigenvalue weighted by atomic mass is 10.1. The topological polar surface area (TPSA) is 66.4 Å². The summed E-state index contributed by atoms with van der Waals surface area (Å²) in [5.41, 5.74) is 0.855. The molecule has 96 valence electrons. The second-order valence-corrected chi connectivity index (χ2v) is 5.82. The van der Waals surface area contributed by atoms with Crippen molar-refractivity contribution in [3.05, 3.63) is 36.4 Å². The molecule has 5 heteroatoms. The van der Waals surface area contributed by atoms with E-state index < -0.39 is 10.1 Å². The van der Waals surface area contributed by atoms with Gasteiger partial charge in [-0.2, -0.15) is 8.42 Å². The Bertz CT molecular complexity index is 678. The number of fused-ring (bicyclic) bond motifs is 1. The highest BCUT2D eigenvalue weighted by molar-refractivity contribution is 7.86. The highest BCUT2D eigenvalue weighted by Crippen LogP contribution is 2.28. The molecular formula is C13H15NO3S. The Morgan fingerprint density at radius 3 is 2.28 bits per heavy atom. The number of nitrogens with one attached hydrogen (secondary N) is 1. The van der Waals surface area contributed by atoms with Crippen LogP contribution in [0.2, 0.25) is 0 Å².